The molecule has 0 saturated carbocycles. The first kappa shape index (κ1) is 16.5. The van der Waals surface area contributed by atoms with Gasteiger partial charge in [0, 0.05) is 38.3 Å². The highest BCUT2D eigenvalue weighted by atomic mass is 16.2. The average molecular weight is 346 g/mol. The van der Waals surface area contributed by atoms with Crippen molar-refractivity contribution in [3.05, 3.63) is 78.0 Å². The number of hydrogen-bond donors (Lipinski definition) is 1. The minimum Gasteiger partial charge on any atom is -0.335 e. The molecule has 1 saturated heterocycles. The SMILES string of the molecule is O=C(c1cc(-c2ccccc2)n[nH]1)N1CCN(Cc2ccccc2)CC1. The molecule has 4 rings (SSSR count). The fourth-order valence-corrected chi connectivity index (χ4v) is 3.31. The number of carbonyl (C=O) groups is 1. The fraction of sp³-hybridized carbons (Fsp3) is 0.238. The van der Waals surface area contributed by atoms with Gasteiger partial charge in [0.25, 0.3) is 5.91 Å². The van der Waals surface area contributed by atoms with E-state index in [1.54, 1.807) is 0 Å². The fourth-order valence-electron chi connectivity index (χ4n) is 3.31. The molecule has 2 aromatic carbocycles. The monoisotopic (exact) mass is 346 g/mol. The van der Waals surface area contributed by atoms with Gasteiger partial charge in [0.2, 0.25) is 0 Å². The van der Waals surface area contributed by atoms with Crippen LogP contribution in [0.4, 0.5) is 0 Å². The molecule has 2 heterocycles. The molecule has 0 unspecified atom stereocenters. The van der Waals surface area contributed by atoms with E-state index in [-0.39, 0.29) is 5.91 Å². The lowest BCUT2D eigenvalue weighted by molar-refractivity contribution is 0.0622. The smallest absolute Gasteiger partial charge is 0.271 e. The summed E-state index contributed by atoms with van der Waals surface area (Å²) in [7, 11) is 0. The van der Waals surface area contributed by atoms with Crippen LogP contribution in [0.15, 0.2) is 66.7 Å². The number of nitrogens with one attached hydrogen (secondary N) is 1. The van der Waals surface area contributed by atoms with Crippen molar-refractivity contribution in [2.75, 3.05) is 26.2 Å². The number of aromatic amines is 1. The Balaban J connectivity index is 1.36. The van der Waals surface area contributed by atoms with Gasteiger partial charge in [-0.05, 0) is 11.6 Å². The van der Waals surface area contributed by atoms with Gasteiger partial charge in [-0.1, -0.05) is 60.7 Å². The van der Waals surface area contributed by atoms with Gasteiger partial charge in [-0.25, -0.2) is 0 Å². The van der Waals surface area contributed by atoms with E-state index in [9.17, 15) is 4.79 Å². The molecule has 1 aliphatic rings. The molecule has 0 radical (unpaired) electrons. The predicted octanol–water partition coefficient (Wildman–Crippen LogP) is 3.03. The molecule has 1 N–H and O–H groups in total. The third kappa shape index (κ3) is 3.68. The molecule has 3 aromatic rings. The quantitative estimate of drug-likeness (QED) is 0.790. The maximum absolute atomic E-state index is 12.7. The summed E-state index contributed by atoms with van der Waals surface area (Å²) in [6, 6.07) is 22.2. The highest BCUT2D eigenvalue weighted by Crippen LogP contribution is 2.18. The molecule has 1 amide bonds. The van der Waals surface area contributed by atoms with E-state index in [4.69, 9.17) is 0 Å². The minimum absolute atomic E-state index is 0.0269. The van der Waals surface area contributed by atoms with Crippen LogP contribution in [-0.4, -0.2) is 52.1 Å². The van der Waals surface area contributed by atoms with E-state index >= 15 is 0 Å². The zero-order chi connectivity index (χ0) is 17.8. The maximum Gasteiger partial charge on any atom is 0.271 e. The topological polar surface area (TPSA) is 52.2 Å². The third-order valence-electron chi connectivity index (χ3n) is 4.79. The standard InChI is InChI=1S/C21H22N4O/c26-21(20-15-19(22-23-20)18-9-5-2-6-10-18)25-13-11-24(12-14-25)16-17-7-3-1-4-8-17/h1-10,15H,11-14,16H2,(H,22,23). The molecule has 5 nitrogen and oxygen atoms in total. The molecule has 0 spiro atoms. The molecule has 1 aliphatic heterocycles. The van der Waals surface area contributed by atoms with Crippen molar-refractivity contribution >= 4 is 5.91 Å². The summed E-state index contributed by atoms with van der Waals surface area (Å²) in [5.74, 6) is 0.0269. The molecule has 26 heavy (non-hydrogen) atoms. The maximum atomic E-state index is 12.7. The van der Waals surface area contributed by atoms with Crippen molar-refractivity contribution in [2.24, 2.45) is 0 Å². The van der Waals surface area contributed by atoms with Crippen LogP contribution in [0.2, 0.25) is 0 Å². The molecule has 0 bridgehead atoms. The summed E-state index contributed by atoms with van der Waals surface area (Å²) in [4.78, 5) is 17.0. The minimum atomic E-state index is 0.0269. The van der Waals surface area contributed by atoms with Crippen LogP contribution >= 0.6 is 0 Å². The van der Waals surface area contributed by atoms with Gasteiger partial charge in [-0.3, -0.25) is 14.8 Å². The Morgan fingerprint density at radius 3 is 2.27 bits per heavy atom. The van der Waals surface area contributed by atoms with E-state index in [1.807, 2.05) is 47.4 Å². The molecule has 1 fully saturated rings. The molecular weight excluding hydrogens is 324 g/mol. The molecule has 5 heteroatoms. The summed E-state index contributed by atoms with van der Waals surface area (Å²) in [6.45, 7) is 4.20. The number of hydrogen-bond acceptors (Lipinski definition) is 3. The van der Waals surface area contributed by atoms with Crippen molar-refractivity contribution in [1.82, 2.24) is 20.0 Å². The number of carbonyl (C=O) groups excluding carboxylic acids is 1. The Bertz CT molecular complexity index is 852. The second kappa shape index (κ2) is 7.54. The van der Waals surface area contributed by atoms with Gasteiger partial charge in [0.05, 0.1) is 5.69 Å². The normalized spacial score (nSPS) is 15.2. The Labute approximate surface area is 153 Å². The number of benzene rings is 2. The number of aromatic nitrogens is 2. The summed E-state index contributed by atoms with van der Waals surface area (Å²) in [6.07, 6.45) is 0. The summed E-state index contributed by atoms with van der Waals surface area (Å²) in [5, 5.41) is 7.19. The largest absolute Gasteiger partial charge is 0.335 e. The van der Waals surface area contributed by atoms with Gasteiger partial charge in [-0.2, -0.15) is 5.10 Å². The van der Waals surface area contributed by atoms with Gasteiger partial charge in [0.1, 0.15) is 5.69 Å². The Morgan fingerprint density at radius 1 is 0.923 bits per heavy atom. The van der Waals surface area contributed by atoms with Crippen LogP contribution in [-0.2, 0) is 6.54 Å². The first-order valence-electron chi connectivity index (χ1n) is 8.96. The zero-order valence-corrected chi connectivity index (χ0v) is 14.6. The van der Waals surface area contributed by atoms with Crippen molar-refractivity contribution in [2.45, 2.75) is 6.54 Å². The number of piperazine rings is 1. The van der Waals surface area contributed by atoms with Crippen LogP contribution in [0.5, 0.6) is 0 Å². The summed E-state index contributed by atoms with van der Waals surface area (Å²) >= 11 is 0. The van der Waals surface area contributed by atoms with Gasteiger partial charge >= 0.3 is 0 Å². The van der Waals surface area contributed by atoms with Gasteiger partial charge in [0.15, 0.2) is 0 Å². The summed E-state index contributed by atoms with van der Waals surface area (Å²) < 4.78 is 0. The predicted molar refractivity (Wildman–Crippen MR) is 102 cm³/mol. The average Bonchev–Trinajstić information content (AvgIpc) is 3.20. The molecule has 1 aromatic heterocycles. The Kier molecular flexibility index (Phi) is 4.80. The van der Waals surface area contributed by atoms with E-state index in [0.717, 1.165) is 44.0 Å². The number of H-pyrrole nitrogens is 1. The molecule has 0 atom stereocenters. The van der Waals surface area contributed by atoms with Crippen LogP contribution in [0.25, 0.3) is 11.3 Å². The Hall–Kier alpha value is -2.92. The lowest BCUT2D eigenvalue weighted by atomic mass is 10.1. The van der Waals surface area contributed by atoms with Crippen molar-refractivity contribution in [3.63, 3.8) is 0 Å². The second-order valence-corrected chi connectivity index (χ2v) is 6.59. The van der Waals surface area contributed by atoms with E-state index < -0.39 is 0 Å². The van der Waals surface area contributed by atoms with Gasteiger partial charge in [-0.15, -0.1) is 0 Å². The van der Waals surface area contributed by atoms with Crippen molar-refractivity contribution < 1.29 is 4.79 Å². The first-order valence-corrected chi connectivity index (χ1v) is 8.96. The van der Waals surface area contributed by atoms with Crippen LogP contribution in [0, 0.1) is 0 Å². The lowest BCUT2D eigenvalue weighted by Gasteiger charge is -2.34. The van der Waals surface area contributed by atoms with Gasteiger partial charge < -0.3 is 4.90 Å². The molecular formula is C21H22N4O. The summed E-state index contributed by atoms with van der Waals surface area (Å²) in [5.41, 5.74) is 3.68. The highest BCUT2D eigenvalue weighted by Gasteiger charge is 2.23. The number of rotatable bonds is 4. The highest BCUT2D eigenvalue weighted by molar-refractivity contribution is 5.93. The van der Waals surface area contributed by atoms with E-state index in [1.165, 1.54) is 5.56 Å². The number of nitrogens with zero attached hydrogens (tertiary/aromatic N) is 3. The van der Waals surface area contributed by atoms with Crippen LogP contribution in [0.1, 0.15) is 16.1 Å². The third-order valence-corrected chi connectivity index (χ3v) is 4.79. The van der Waals surface area contributed by atoms with Crippen molar-refractivity contribution in [3.8, 4) is 11.3 Å². The molecule has 0 aliphatic carbocycles. The zero-order valence-electron chi connectivity index (χ0n) is 14.6. The van der Waals surface area contributed by atoms with Crippen LogP contribution in [0.3, 0.4) is 0 Å². The van der Waals surface area contributed by atoms with E-state index in [2.05, 4.69) is 39.4 Å². The van der Waals surface area contributed by atoms with Crippen molar-refractivity contribution in [1.29, 1.82) is 0 Å². The first-order chi connectivity index (χ1) is 12.8. The molecule has 132 valence electrons. The Morgan fingerprint density at radius 2 is 1.58 bits per heavy atom. The second-order valence-electron chi connectivity index (χ2n) is 6.59. The van der Waals surface area contributed by atoms with E-state index in [0.29, 0.717) is 5.69 Å². The van der Waals surface area contributed by atoms with Crippen LogP contribution < -0.4 is 0 Å². The number of amides is 1. The lowest BCUT2D eigenvalue weighted by Crippen LogP contribution is -2.48.